The normalized spacial score (nSPS) is 15.4. The summed E-state index contributed by atoms with van der Waals surface area (Å²) in [6.07, 6.45) is 7.67. The molecule has 14 heavy (non-hydrogen) atoms. The predicted molar refractivity (Wildman–Crippen MR) is 64.1 cm³/mol. The molecule has 0 saturated heterocycles. The maximum atomic E-state index is 5.77. The highest BCUT2D eigenvalue weighted by Gasteiger charge is 2.12. The van der Waals surface area contributed by atoms with Crippen molar-refractivity contribution in [1.29, 1.82) is 0 Å². The molecule has 0 aliphatic rings. The van der Waals surface area contributed by atoms with E-state index in [1.54, 1.807) is 0 Å². The molecule has 0 fully saturated rings. The van der Waals surface area contributed by atoms with Crippen LogP contribution in [0, 0.1) is 11.8 Å². The van der Waals surface area contributed by atoms with Crippen LogP contribution in [-0.2, 0) is 0 Å². The van der Waals surface area contributed by atoms with Crippen LogP contribution >= 0.6 is 0 Å². The Labute approximate surface area is 89.4 Å². The first kappa shape index (κ1) is 13.9. The van der Waals surface area contributed by atoms with E-state index in [2.05, 4.69) is 13.8 Å². The molecule has 2 heteroatoms. The highest BCUT2D eigenvalue weighted by Crippen LogP contribution is 2.20. The molecular formula is C12H28N2. The van der Waals surface area contributed by atoms with Crippen molar-refractivity contribution in [1.82, 2.24) is 0 Å². The van der Waals surface area contributed by atoms with E-state index in [1.165, 1.54) is 38.5 Å². The van der Waals surface area contributed by atoms with Gasteiger partial charge in [-0.25, -0.2) is 0 Å². The van der Waals surface area contributed by atoms with Crippen molar-refractivity contribution in [3.63, 3.8) is 0 Å². The Balaban J connectivity index is 3.42. The third kappa shape index (κ3) is 6.39. The number of hydrogen-bond acceptors (Lipinski definition) is 2. The number of hydrogen-bond donors (Lipinski definition) is 2. The molecule has 0 rings (SSSR count). The van der Waals surface area contributed by atoms with Crippen molar-refractivity contribution in [3.05, 3.63) is 0 Å². The van der Waals surface area contributed by atoms with E-state index in [0.717, 1.165) is 24.9 Å². The minimum Gasteiger partial charge on any atom is -0.330 e. The fourth-order valence-electron chi connectivity index (χ4n) is 1.87. The van der Waals surface area contributed by atoms with E-state index in [9.17, 15) is 0 Å². The first-order valence-electron chi connectivity index (χ1n) is 6.16. The Morgan fingerprint density at radius 3 is 2.14 bits per heavy atom. The molecule has 2 unspecified atom stereocenters. The summed E-state index contributed by atoms with van der Waals surface area (Å²) in [5.74, 6) is 1.52. The Morgan fingerprint density at radius 1 is 1.00 bits per heavy atom. The second kappa shape index (κ2) is 9.47. The maximum Gasteiger partial charge on any atom is -0.00463 e. The molecule has 2 atom stereocenters. The molecule has 0 aliphatic carbocycles. The van der Waals surface area contributed by atoms with Gasteiger partial charge in [0.25, 0.3) is 0 Å². The van der Waals surface area contributed by atoms with Gasteiger partial charge in [0.05, 0.1) is 0 Å². The summed E-state index contributed by atoms with van der Waals surface area (Å²) < 4.78 is 0. The van der Waals surface area contributed by atoms with Crippen molar-refractivity contribution in [2.75, 3.05) is 13.1 Å². The maximum absolute atomic E-state index is 5.77. The Hall–Kier alpha value is -0.0800. The third-order valence-electron chi connectivity index (χ3n) is 3.28. The highest BCUT2D eigenvalue weighted by molar-refractivity contribution is 4.66. The minimum absolute atomic E-state index is 0.734. The number of nitrogens with two attached hydrogens (primary N) is 2. The molecule has 4 N–H and O–H groups in total. The molecule has 0 bridgehead atoms. The molecule has 2 nitrogen and oxygen atoms in total. The van der Waals surface area contributed by atoms with Crippen LogP contribution in [0.3, 0.4) is 0 Å². The summed E-state index contributed by atoms with van der Waals surface area (Å²) in [5.41, 5.74) is 11.2. The molecule has 0 aromatic rings. The van der Waals surface area contributed by atoms with Crippen molar-refractivity contribution in [3.8, 4) is 0 Å². The Bertz CT molecular complexity index is 115. The van der Waals surface area contributed by atoms with Gasteiger partial charge in [-0.1, -0.05) is 39.5 Å². The molecule has 0 aliphatic heterocycles. The van der Waals surface area contributed by atoms with E-state index >= 15 is 0 Å². The van der Waals surface area contributed by atoms with Crippen LogP contribution in [0.25, 0.3) is 0 Å². The summed E-state index contributed by atoms with van der Waals surface area (Å²) in [7, 11) is 0. The lowest BCUT2D eigenvalue weighted by Gasteiger charge is -2.20. The molecule has 0 amide bonds. The summed E-state index contributed by atoms with van der Waals surface area (Å²) in [6, 6.07) is 0. The van der Waals surface area contributed by atoms with Crippen LogP contribution in [0.2, 0.25) is 0 Å². The average Bonchev–Trinajstić information content (AvgIpc) is 2.22. The molecule has 0 heterocycles. The van der Waals surface area contributed by atoms with Crippen LogP contribution in [0.1, 0.15) is 52.4 Å². The first-order chi connectivity index (χ1) is 6.76. The van der Waals surface area contributed by atoms with Gasteiger partial charge in [-0.3, -0.25) is 0 Å². The molecular weight excluding hydrogens is 172 g/mol. The van der Waals surface area contributed by atoms with Gasteiger partial charge in [0.15, 0.2) is 0 Å². The van der Waals surface area contributed by atoms with Crippen LogP contribution in [-0.4, -0.2) is 13.1 Å². The topological polar surface area (TPSA) is 52.0 Å². The fourth-order valence-corrected chi connectivity index (χ4v) is 1.87. The fraction of sp³-hybridized carbons (Fsp3) is 1.00. The standard InChI is InChI=1S/C12H28N2/c1-3-11(2)12(10-14)8-6-4-5-7-9-13/h11-12H,3-10,13-14H2,1-2H3. The quantitative estimate of drug-likeness (QED) is 0.562. The summed E-state index contributed by atoms with van der Waals surface area (Å²) in [6.45, 7) is 6.26. The molecule has 0 radical (unpaired) electrons. The Kier molecular flexibility index (Phi) is 9.42. The lowest BCUT2D eigenvalue weighted by molar-refractivity contribution is 0.324. The van der Waals surface area contributed by atoms with Gasteiger partial charge < -0.3 is 11.5 Å². The second-order valence-corrected chi connectivity index (χ2v) is 4.37. The smallest absolute Gasteiger partial charge is 0.00463 e. The molecule has 0 saturated carbocycles. The molecule has 86 valence electrons. The third-order valence-corrected chi connectivity index (χ3v) is 3.28. The lowest BCUT2D eigenvalue weighted by Crippen LogP contribution is -2.21. The predicted octanol–water partition coefficient (Wildman–Crippen LogP) is 2.52. The SMILES string of the molecule is CCC(C)C(CN)CCCCCCN. The van der Waals surface area contributed by atoms with E-state index in [-0.39, 0.29) is 0 Å². The van der Waals surface area contributed by atoms with E-state index < -0.39 is 0 Å². The van der Waals surface area contributed by atoms with Gasteiger partial charge >= 0.3 is 0 Å². The summed E-state index contributed by atoms with van der Waals surface area (Å²) in [5, 5.41) is 0. The zero-order chi connectivity index (χ0) is 10.8. The van der Waals surface area contributed by atoms with Crippen LogP contribution in [0.5, 0.6) is 0 Å². The van der Waals surface area contributed by atoms with Crippen molar-refractivity contribution >= 4 is 0 Å². The van der Waals surface area contributed by atoms with Crippen LogP contribution in [0.4, 0.5) is 0 Å². The van der Waals surface area contributed by atoms with E-state index in [0.29, 0.717) is 0 Å². The zero-order valence-electron chi connectivity index (χ0n) is 9.97. The van der Waals surface area contributed by atoms with Crippen molar-refractivity contribution < 1.29 is 0 Å². The van der Waals surface area contributed by atoms with E-state index in [1.807, 2.05) is 0 Å². The van der Waals surface area contributed by atoms with Gasteiger partial charge in [0, 0.05) is 0 Å². The zero-order valence-corrected chi connectivity index (χ0v) is 9.97. The van der Waals surface area contributed by atoms with Gasteiger partial charge in [0.1, 0.15) is 0 Å². The number of rotatable bonds is 9. The number of unbranched alkanes of at least 4 members (excludes halogenated alkanes) is 3. The summed E-state index contributed by atoms with van der Waals surface area (Å²) in [4.78, 5) is 0. The van der Waals surface area contributed by atoms with Gasteiger partial charge in [0.2, 0.25) is 0 Å². The molecule has 0 aromatic heterocycles. The monoisotopic (exact) mass is 200 g/mol. The van der Waals surface area contributed by atoms with Crippen molar-refractivity contribution in [2.45, 2.75) is 52.4 Å². The van der Waals surface area contributed by atoms with Crippen molar-refractivity contribution in [2.24, 2.45) is 23.3 Å². The van der Waals surface area contributed by atoms with Crippen LogP contribution < -0.4 is 11.5 Å². The first-order valence-corrected chi connectivity index (χ1v) is 6.16. The average molecular weight is 200 g/mol. The molecule has 0 aromatic carbocycles. The molecule has 0 spiro atoms. The highest BCUT2D eigenvalue weighted by atomic mass is 14.6. The summed E-state index contributed by atoms with van der Waals surface area (Å²) >= 11 is 0. The lowest BCUT2D eigenvalue weighted by atomic mass is 9.87. The Morgan fingerprint density at radius 2 is 1.64 bits per heavy atom. The van der Waals surface area contributed by atoms with E-state index in [4.69, 9.17) is 11.5 Å². The largest absolute Gasteiger partial charge is 0.330 e. The van der Waals surface area contributed by atoms with Gasteiger partial charge in [-0.05, 0) is 37.8 Å². The van der Waals surface area contributed by atoms with Gasteiger partial charge in [-0.2, -0.15) is 0 Å². The minimum atomic E-state index is 0.734. The second-order valence-electron chi connectivity index (χ2n) is 4.37. The van der Waals surface area contributed by atoms with Gasteiger partial charge in [-0.15, -0.1) is 0 Å². The van der Waals surface area contributed by atoms with Crippen LogP contribution in [0.15, 0.2) is 0 Å².